The fourth-order valence-electron chi connectivity index (χ4n) is 1.57. The Morgan fingerprint density at radius 1 is 1.64 bits per heavy atom. The molecule has 0 atom stereocenters. The fraction of sp³-hybridized carbons (Fsp3) is 0.500. The van der Waals surface area contributed by atoms with Gasteiger partial charge in [-0.2, -0.15) is 10.4 Å². The molecule has 0 aromatic carbocycles. The molecule has 0 aliphatic carbocycles. The molecule has 6 heteroatoms. The molecule has 1 aromatic rings. The standard InChI is InChI=1S/C8H9N3O2S/c9-3-1-7-2-4-10-11(7)8-5-14(12,13)6-8/h2,4,8H,1,5-6H2. The van der Waals surface area contributed by atoms with Crippen molar-refractivity contribution in [3.63, 3.8) is 0 Å². The van der Waals surface area contributed by atoms with Gasteiger partial charge in [0.1, 0.15) is 0 Å². The van der Waals surface area contributed by atoms with Crippen LogP contribution in [-0.2, 0) is 16.3 Å². The van der Waals surface area contributed by atoms with Crippen LogP contribution in [0.3, 0.4) is 0 Å². The number of nitrogens with zero attached hydrogens (tertiary/aromatic N) is 3. The van der Waals surface area contributed by atoms with Crippen LogP contribution in [0.2, 0.25) is 0 Å². The van der Waals surface area contributed by atoms with Gasteiger partial charge in [-0.3, -0.25) is 4.68 Å². The fourth-order valence-corrected chi connectivity index (χ4v) is 2.93. The zero-order chi connectivity index (χ0) is 10.2. The molecule has 1 fully saturated rings. The van der Waals surface area contributed by atoms with Crippen LogP contribution in [-0.4, -0.2) is 29.7 Å². The highest BCUT2D eigenvalue weighted by Crippen LogP contribution is 2.24. The van der Waals surface area contributed by atoms with Gasteiger partial charge in [-0.25, -0.2) is 8.42 Å². The summed E-state index contributed by atoms with van der Waals surface area (Å²) in [6.45, 7) is 0. The molecule has 14 heavy (non-hydrogen) atoms. The van der Waals surface area contributed by atoms with E-state index < -0.39 is 9.84 Å². The van der Waals surface area contributed by atoms with Gasteiger partial charge in [0.05, 0.1) is 35.7 Å². The van der Waals surface area contributed by atoms with E-state index in [1.807, 2.05) is 6.07 Å². The number of sulfone groups is 1. The zero-order valence-electron chi connectivity index (χ0n) is 7.42. The van der Waals surface area contributed by atoms with E-state index in [0.717, 1.165) is 5.69 Å². The first-order chi connectivity index (χ1) is 6.62. The Labute approximate surface area is 81.9 Å². The molecule has 1 aliphatic heterocycles. The summed E-state index contributed by atoms with van der Waals surface area (Å²) in [7, 11) is -2.83. The van der Waals surface area contributed by atoms with Crippen LogP contribution < -0.4 is 0 Å². The van der Waals surface area contributed by atoms with Crippen molar-refractivity contribution >= 4 is 9.84 Å². The summed E-state index contributed by atoms with van der Waals surface area (Å²) in [4.78, 5) is 0. The third kappa shape index (κ3) is 1.51. The molecule has 5 nitrogen and oxygen atoms in total. The normalized spacial score (nSPS) is 19.9. The summed E-state index contributed by atoms with van der Waals surface area (Å²) in [5, 5.41) is 12.6. The molecular formula is C8H9N3O2S. The average Bonchev–Trinajstić information content (AvgIpc) is 2.48. The first kappa shape index (κ1) is 9.21. The lowest BCUT2D eigenvalue weighted by molar-refractivity contribution is 0.463. The van der Waals surface area contributed by atoms with E-state index in [0.29, 0.717) is 0 Å². The van der Waals surface area contributed by atoms with Gasteiger partial charge in [-0.05, 0) is 6.07 Å². The summed E-state index contributed by atoms with van der Waals surface area (Å²) in [5.74, 6) is 0.292. The second kappa shape index (κ2) is 3.10. The van der Waals surface area contributed by atoms with E-state index in [2.05, 4.69) is 5.10 Å². The smallest absolute Gasteiger partial charge is 0.154 e. The lowest BCUT2D eigenvalue weighted by Crippen LogP contribution is -2.39. The number of aromatic nitrogens is 2. The zero-order valence-corrected chi connectivity index (χ0v) is 8.24. The maximum Gasteiger partial charge on any atom is 0.154 e. The predicted molar refractivity (Wildman–Crippen MR) is 49.2 cm³/mol. The van der Waals surface area contributed by atoms with Crippen LogP contribution >= 0.6 is 0 Å². The number of hydrogen-bond donors (Lipinski definition) is 0. The highest BCUT2D eigenvalue weighted by atomic mass is 32.2. The predicted octanol–water partition coefficient (Wildman–Crippen LogP) is -0.0813. The van der Waals surface area contributed by atoms with E-state index in [1.165, 1.54) is 0 Å². The summed E-state index contributed by atoms with van der Waals surface area (Å²) < 4.78 is 23.6. The number of rotatable bonds is 2. The van der Waals surface area contributed by atoms with Crippen LogP contribution in [0, 0.1) is 11.3 Å². The molecule has 2 rings (SSSR count). The van der Waals surface area contributed by atoms with Gasteiger partial charge < -0.3 is 0 Å². The summed E-state index contributed by atoms with van der Waals surface area (Å²) in [6.07, 6.45) is 1.87. The lowest BCUT2D eigenvalue weighted by Gasteiger charge is -2.27. The Kier molecular flexibility index (Phi) is 2.04. The molecular weight excluding hydrogens is 202 g/mol. The van der Waals surface area contributed by atoms with E-state index in [-0.39, 0.29) is 24.0 Å². The van der Waals surface area contributed by atoms with Gasteiger partial charge >= 0.3 is 0 Å². The van der Waals surface area contributed by atoms with Gasteiger partial charge in [-0.15, -0.1) is 0 Å². The molecule has 1 aromatic heterocycles. The van der Waals surface area contributed by atoms with Gasteiger partial charge in [0.2, 0.25) is 0 Å². The molecule has 0 radical (unpaired) electrons. The molecule has 74 valence electrons. The van der Waals surface area contributed by atoms with Crippen molar-refractivity contribution in [1.29, 1.82) is 5.26 Å². The molecule has 0 saturated carbocycles. The highest BCUT2D eigenvalue weighted by molar-refractivity contribution is 7.92. The SMILES string of the molecule is N#CCc1ccnn1C1CS(=O)(=O)C1. The van der Waals surface area contributed by atoms with Crippen LogP contribution in [0.25, 0.3) is 0 Å². The molecule has 1 aliphatic rings. The molecule has 2 heterocycles. The molecule has 0 bridgehead atoms. The average molecular weight is 211 g/mol. The first-order valence-electron chi connectivity index (χ1n) is 4.22. The van der Waals surface area contributed by atoms with Crippen molar-refractivity contribution < 1.29 is 8.42 Å². The topological polar surface area (TPSA) is 75.8 Å². The maximum atomic E-state index is 11.0. The van der Waals surface area contributed by atoms with Crippen LogP contribution in [0.4, 0.5) is 0 Å². The summed E-state index contributed by atoms with van der Waals surface area (Å²) in [6, 6.07) is 3.70. The molecule has 0 spiro atoms. The van der Waals surface area contributed by atoms with Gasteiger partial charge in [-0.1, -0.05) is 0 Å². The van der Waals surface area contributed by atoms with Gasteiger partial charge in [0.25, 0.3) is 0 Å². The molecule has 0 unspecified atom stereocenters. The van der Waals surface area contributed by atoms with E-state index in [9.17, 15) is 8.42 Å². The molecule has 0 amide bonds. The number of nitriles is 1. The summed E-state index contributed by atoms with van der Waals surface area (Å²) in [5.41, 5.74) is 0.785. The Morgan fingerprint density at radius 2 is 2.36 bits per heavy atom. The maximum absolute atomic E-state index is 11.0. The highest BCUT2D eigenvalue weighted by Gasteiger charge is 2.35. The second-order valence-corrected chi connectivity index (χ2v) is 5.49. The number of hydrogen-bond acceptors (Lipinski definition) is 4. The monoisotopic (exact) mass is 211 g/mol. The van der Waals surface area contributed by atoms with Crippen molar-refractivity contribution in [2.24, 2.45) is 0 Å². The minimum atomic E-state index is -2.83. The van der Waals surface area contributed by atoms with Gasteiger partial charge in [0.15, 0.2) is 9.84 Å². The van der Waals surface area contributed by atoms with E-state index in [1.54, 1.807) is 16.9 Å². The van der Waals surface area contributed by atoms with Crippen LogP contribution in [0.15, 0.2) is 12.3 Å². The van der Waals surface area contributed by atoms with E-state index in [4.69, 9.17) is 5.26 Å². The first-order valence-corrected chi connectivity index (χ1v) is 6.04. The van der Waals surface area contributed by atoms with Crippen molar-refractivity contribution in [2.45, 2.75) is 12.5 Å². The largest absolute Gasteiger partial charge is 0.263 e. The Bertz CT molecular complexity index is 471. The molecule has 0 N–H and O–H groups in total. The summed E-state index contributed by atoms with van der Waals surface area (Å²) >= 11 is 0. The Morgan fingerprint density at radius 3 is 2.93 bits per heavy atom. The third-order valence-electron chi connectivity index (χ3n) is 2.25. The molecule has 1 saturated heterocycles. The van der Waals surface area contributed by atoms with Crippen molar-refractivity contribution in [1.82, 2.24) is 9.78 Å². The van der Waals surface area contributed by atoms with Crippen molar-refractivity contribution in [2.75, 3.05) is 11.5 Å². The van der Waals surface area contributed by atoms with Gasteiger partial charge in [0, 0.05) is 6.20 Å². The Balaban J connectivity index is 2.19. The Hall–Kier alpha value is -1.35. The minimum Gasteiger partial charge on any atom is -0.263 e. The quantitative estimate of drug-likeness (QED) is 0.685. The van der Waals surface area contributed by atoms with Crippen LogP contribution in [0.1, 0.15) is 11.7 Å². The second-order valence-electron chi connectivity index (χ2n) is 3.33. The van der Waals surface area contributed by atoms with Crippen molar-refractivity contribution in [3.8, 4) is 6.07 Å². The third-order valence-corrected chi connectivity index (χ3v) is 4.04. The van der Waals surface area contributed by atoms with E-state index >= 15 is 0 Å². The lowest BCUT2D eigenvalue weighted by atomic mass is 10.3. The van der Waals surface area contributed by atoms with Crippen LogP contribution in [0.5, 0.6) is 0 Å². The van der Waals surface area contributed by atoms with Crippen molar-refractivity contribution in [3.05, 3.63) is 18.0 Å². The minimum absolute atomic E-state index is 0.0710.